The van der Waals surface area contributed by atoms with Gasteiger partial charge in [-0.1, -0.05) is 20.8 Å². The molecule has 0 amide bonds. The van der Waals surface area contributed by atoms with Crippen molar-refractivity contribution >= 4 is 32.7 Å². The molecular formula is C15H20N4O4S2. The zero-order valence-corrected chi connectivity index (χ0v) is 15.8. The summed E-state index contributed by atoms with van der Waals surface area (Å²) in [5.74, 6) is 0. The summed E-state index contributed by atoms with van der Waals surface area (Å²) in [6.45, 7) is 6.70. The van der Waals surface area contributed by atoms with E-state index in [-0.39, 0.29) is 21.7 Å². The Balaban J connectivity index is 2.10. The maximum absolute atomic E-state index is 11.3. The van der Waals surface area contributed by atoms with E-state index in [1.807, 2.05) is 5.38 Å². The fourth-order valence-electron chi connectivity index (χ4n) is 2.08. The molecule has 8 nitrogen and oxygen atoms in total. The molecule has 0 aliphatic carbocycles. The van der Waals surface area contributed by atoms with E-state index in [4.69, 9.17) is 5.14 Å². The molecular weight excluding hydrogens is 364 g/mol. The Morgan fingerprint density at radius 1 is 1.36 bits per heavy atom. The number of aromatic nitrogens is 1. The van der Waals surface area contributed by atoms with Gasteiger partial charge >= 0.3 is 0 Å². The number of nitrogens with two attached hydrogens (primary N) is 1. The van der Waals surface area contributed by atoms with Crippen molar-refractivity contribution in [2.45, 2.75) is 37.5 Å². The minimum absolute atomic E-state index is 0.0152. The van der Waals surface area contributed by atoms with E-state index in [2.05, 4.69) is 31.1 Å². The quantitative estimate of drug-likeness (QED) is 0.582. The van der Waals surface area contributed by atoms with E-state index in [0.717, 1.165) is 16.8 Å². The minimum atomic E-state index is -3.99. The molecule has 0 spiro atoms. The van der Waals surface area contributed by atoms with Gasteiger partial charge in [-0.25, -0.2) is 18.5 Å². The van der Waals surface area contributed by atoms with E-state index in [1.165, 1.54) is 12.1 Å². The van der Waals surface area contributed by atoms with Gasteiger partial charge in [0, 0.05) is 29.8 Å². The molecule has 0 bridgehead atoms. The van der Waals surface area contributed by atoms with Gasteiger partial charge in [-0.2, -0.15) is 0 Å². The summed E-state index contributed by atoms with van der Waals surface area (Å²) in [5.41, 5.74) is 0.800. The number of nitro groups is 1. The highest BCUT2D eigenvalue weighted by Gasteiger charge is 2.20. The number of rotatable bonds is 6. The van der Waals surface area contributed by atoms with Crippen LogP contribution in [0.4, 0.5) is 11.4 Å². The zero-order valence-electron chi connectivity index (χ0n) is 14.1. The molecule has 0 fully saturated rings. The van der Waals surface area contributed by atoms with Crippen LogP contribution >= 0.6 is 11.3 Å². The summed E-state index contributed by atoms with van der Waals surface area (Å²) in [6.07, 6.45) is 0.598. The smallest absolute Gasteiger partial charge is 0.293 e. The van der Waals surface area contributed by atoms with Crippen LogP contribution in [0.15, 0.2) is 28.5 Å². The average Bonchev–Trinajstić information content (AvgIpc) is 2.95. The van der Waals surface area contributed by atoms with Gasteiger partial charge in [-0.05, 0) is 12.1 Å². The molecule has 0 aliphatic rings. The van der Waals surface area contributed by atoms with Gasteiger partial charge in [-0.3, -0.25) is 10.1 Å². The lowest BCUT2D eigenvalue weighted by molar-refractivity contribution is -0.384. The molecule has 0 atom stereocenters. The van der Waals surface area contributed by atoms with Crippen molar-refractivity contribution in [1.82, 2.24) is 4.98 Å². The molecule has 0 saturated heterocycles. The van der Waals surface area contributed by atoms with Crippen LogP contribution in [0.5, 0.6) is 0 Å². The largest absolute Gasteiger partial charge is 0.379 e. The first kappa shape index (κ1) is 19.3. The Kier molecular flexibility index (Phi) is 5.45. The van der Waals surface area contributed by atoms with Gasteiger partial charge in [-0.15, -0.1) is 11.3 Å². The van der Waals surface area contributed by atoms with E-state index < -0.39 is 14.9 Å². The van der Waals surface area contributed by atoms with E-state index in [1.54, 1.807) is 11.3 Å². The number of hydrogen-bond acceptors (Lipinski definition) is 7. The first-order chi connectivity index (χ1) is 11.5. The van der Waals surface area contributed by atoms with Crippen LogP contribution in [-0.4, -0.2) is 24.9 Å². The van der Waals surface area contributed by atoms with Gasteiger partial charge in [0.05, 0.1) is 20.5 Å². The molecule has 0 saturated carbocycles. The number of anilines is 1. The lowest BCUT2D eigenvalue weighted by atomic mass is 9.98. The zero-order chi connectivity index (χ0) is 18.8. The molecule has 136 valence electrons. The van der Waals surface area contributed by atoms with Crippen molar-refractivity contribution < 1.29 is 13.3 Å². The summed E-state index contributed by atoms with van der Waals surface area (Å²) in [7, 11) is -3.99. The first-order valence-corrected chi connectivity index (χ1v) is 9.91. The average molecular weight is 384 g/mol. The highest BCUT2D eigenvalue weighted by atomic mass is 32.2. The fraction of sp³-hybridized carbons (Fsp3) is 0.400. The van der Waals surface area contributed by atoms with Crippen molar-refractivity contribution in [2.75, 3.05) is 11.9 Å². The van der Waals surface area contributed by atoms with Crippen LogP contribution in [-0.2, 0) is 21.9 Å². The Morgan fingerprint density at radius 3 is 2.56 bits per heavy atom. The summed E-state index contributed by atoms with van der Waals surface area (Å²) in [5, 5.41) is 22.1. The Bertz CT molecular complexity index is 885. The van der Waals surface area contributed by atoms with E-state index in [9.17, 15) is 18.5 Å². The molecule has 3 N–H and O–H groups in total. The molecule has 1 heterocycles. The monoisotopic (exact) mass is 384 g/mol. The Hall–Kier alpha value is -2.04. The number of nitrogens with one attached hydrogen (secondary N) is 1. The number of primary sulfonamides is 1. The minimum Gasteiger partial charge on any atom is -0.379 e. The molecule has 0 radical (unpaired) electrons. The fourth-order valence-corrected chi connectivity index (χ4v) is 3.56. The summed E-state index contributed by atoms with van der Waals surface area (Å²) in [4.78, 5) is 14.8. The van der Waals surface area contributed by atoms with Crippen molar-refractivity contribution in [2.24, 2.45) is 5.14 Å². The predicted molar refractivity (Wildman–Crippen MR) is 97.5 cm³/mol. The molecule has 1 aromatic carbocycles. The molecule has 2 aromatic rings. The highest BCUT2D eigenvalue weighted by molar-refractivity contribution is 7.89. The van der Waals surface area contributed by atoms with E-state index in [0.29, 0.717) is 13.0 Å². The third-order valence-electron chi connectivity index (χ3n) is 3.38. The van der Waals surface area contributed by atoms with Crippen LogP contribution in [0.1, 0.15) is 31.5 Å². The van der Waals surface area contributed by atoms with Crippen LogP contribution in [0.25, 0.3) is 0 Å². The Morgan fingerprint density at radius 2 is 2.04 bits per heavy atom. The number of sulfonamides is 1. The molecule has 25 heavy (non-hydrogen) atoms. The lowest BCUT2D eigenvalue weighted by Gasteiger charge is -2.13. The molecule has 2 rings (SSSR count). The second kappa shape index (κ2) is 7.06. The van der Waals surface area contributed by atoms with Gasteiger partial charge < -0.3 is 5.32 Å². The Labute approximate surface area is 150 Å². The van der Waals surface area contributed by atoms with Crippen LogP contribution in [0.3, 0.4) is 0 Å². The van der Waals surface area contributed by atoms with Gasteiger partial charge in [0.1, 0.15) is 5.69 Å². The number of benzene rings is 1. The van der Waals surface area contributed by atoms with Gasteiger partial charge in [0.25, 0.3) is 5.69 Å². The van der Waals surface area contributed by atoms with Gasteiger partial charge in [0.2, 0.25) is 10.0 Å². The molecule has 1 aromatic heterocycles. The van der Waals surface area contributed by atoms with Crippen LogP contribution in [0, 0.1) is 10.1 Å². The highest BCUT2D eigenvalue weighted by Crippen LogP contribution is 2.28. The summed E-state index contributed by atoms with van der Waals surface area (Å²) < 4.78 is 22.7. The lowest BCUT2D eigenvalue weighted by Crippen LogP contribution is -2.13. The molecule has 0 aliphatic heterocycles. The van der Waals surface area contributed by atoms with E-state index >= 15 is 0 Å². The van der Waals surface area contributed by atoms with Crippen molar-refractivity contribution in [1.29, 1.82) is 0 Å². The van der Waals surface area contributed by atoms with Crippen molar-refractivity contribution in [3.8, 4) is 0 Å². The third kappa shape index (κ3) is 4.97. The molecule has 10 heteroatoms. The number of hydrogen-bond donors (Lipinski definition) is 2. The maximum Gasteiger partial charge on any atom is 0.293 e. The maximum atomic E-state index is 11.3. The first-order valence-electron chi connectivity index (χ1n) is 7.48. The van der Waals surface area contributed by atoms with Crippen LogP contribution < -0.4 is 10.5 Å². The van der Waals surface area contributed by atoms with Crippen molar-refractivity contribution in [3.63, 3.8) is 0 Å². The normalized spacial score (nSPS) is 12.2. The van der Waals surface area contributed by atoms with Crippen molar-refractivity contribution in [3.05, 3.63) is 44.4 Å². The topological polar surface area (TPSA) is 128 Å². The third-order valence-corrected chi connectivity index (χ3v) is 5.61. The standard InChI is InChI=1S/C15H20N4O4S2/c1-15(2,3)14-18-10(9-24-14)6-7-17-12-5-4-11(25(16,22)23)8-13(12)19(20)21/h4-5,8-9,17H,6-7H2,1-3H3,(H2,16,22,23). The number of nitrogens with zero attached hydrogens (tertiary/aromatic N) is 2. The number of nitro benzene ring substituents is 1. The number of thiazole rings is 1. The molecule has 0 unspecified atom stereocenters. The summed E-state index contributed by atoms with van der Waals surface area (Å²) >= 11 is 1.59. The van der Waals surface area contributed by atoms with Gasteiger partial charge in [0.15, 0.2) is 0 Å². The SMILES string of the molecule is CC(C)(C)c1nc(CCNc2ccc(S(N)(=O)=O)cc2[N+](=O)[O-])cs1. The second-order valence-corrected chi connectivity index (χ2v) is 8.97. The predicted octanol–water partition coefficient (Wildman–Crippen LogP) is 2.65. The van der Waals surface area contributed by atoms with Crippen LogP contribution in [0.2, 0.25) is 0 Å². The summed E-state index contributed by atoms with van der Waals surface area (Å²) in [6, 6.07) is 3.54. The second-order valence-electron chi connectivity index (χ2n) is 6.55.